The number of sulfonamides is 1. The van der Waals surface area contributed by atoms with Gasteiger partial charge < -0.3 is 4.74 Å². The number of rotatable bonds is 3. The number of hydrogen-bond acceptors (Lipinski definition) is 4. The second-order valence-electron chi connectivity index (χ2n) is 7.16. The number of amides is 1. The van der Waals surface area contributed by atoms with E-state index in [1.54, 1.807) is 12.1 Å². The van der Waals surface area contributed by atoms with Crippen LogP contribution in [0.2, 0.25) is 0 Å². The molecule has 1 amide bonds. The molecule has 0 aliphatic heterocycles. The maximum atomic E-state index is 12.2. The molecule has 1 aromatic rings. The van der Waals surface area contributed by atoms with Gasteiger partial charge in [-0.1, -0.05) is 29.8 Å². The van der Waals surface area contributed by atoms with E-state index >= 15 is 0 Å². The van der Waals surface area contributed by atoms with E-state index in [0.29, 0.717) is 23.7 Å². The Bertz CT molecular complexity index is 784. The first-order valence-corrected chi connectivity index (χ1v) is 9.89. The van der Waals surface area contributed by atoms with Gasteiger partial charge in [-0.3, -0.25) is 0 Å². The number of fused-ring (bicyclic) bond motifs is 5. The maximum Gasteiger partial charge on any atom is 0.421 e. The van der Waals surface area contributed by atoms with Crippen LogP contribution in [0.5, 0.6) is 0 Å². The van der Waals surface area contributed by atoms with Crippen molar-refractivity contribution in [1.82, 2.24) is 4.72 Å². The Morgan fingerprint density at radius 2 is 1.92 bits per heavy atom. The smallest absolute Gasteiger partial charge is 0.421 e. The van der Waals surface area contributed by atoms with Gasteiger partial charge in [0.25, 0.3) is 10.0 Å². The topological polar surface area (TPSA) is 72.5 Å². The quantitative estimate of drug-likeness (QED) is 0.853. The number of allylic oxidation sites excluding steroid dienone is 2. The Morgan fingerprint density at radius 3 is 2.67 bits per heavy atom. The van der Waals surface area contributed by atoms with Gasteiger partial charge in [0, 0.05) is 5.92 Å². The van der Waals surface area contributed by atoms with Crippen molar-refractivity contribution in [2.24, 2.45) is 23.7 Å². The van der Waals surface area contributed by atoms with Crippen molar-refractivity contribution >= 4 is 16.1 Å². The zero-order valence-electron chi connectivity index (χ0n) is 13.5. The molecule has 1 N–H and O–H groups in total. The molecule has 5 atom stereocenters. The highest BCUT2D eigenvalue weighted by molar-refractivity contribution is 7.90. The van der Waals surface area contributed by atoms with Crippen molar-refractivity contribution < 1.29 is 17.9 Å². The Morgan fingerprint density at radius 1 is 1.17 bits per heavy atom. The minimum Gasteiger partial charge on any atom is -0.445 e. The molecule has 24 heavy (non-hydrogen) atoms. The lowest BCUT2D eigenvalue weighted by Crippen LogP contribution is -2.38. The van der Waals surface area contributed by atoms with Crippen molar-refractivity contribution in [2.75, 3.05) is 0 Å². The van der Waals surface area contributed by atoms with Crippen LogP contribution in [-0.2, 0) is 14.8 Å². The maximum absolute atomic E-state index is 12.2. The molecule has 0 aromatic heterocycles. The highest BCUT2D eigenvalue weighted by atomic mass is 32.2. The number of carbonyl (C=O) groups excluding carboxylic acids is 1. The summed E-state index contributed by atoms with van der Waals surface area (Å²) in [6, 6.07) is 6.36. The van der Waals surface area contributed by atoms with E-state index in [9.17, 15) is 13.2 Å². The van der Waals surface area contributed by atoms with E-state index < -0.39 is 16.1 Å². The van der Waals surface area contributed by atoms with Crippen LogP contribution in [0.1, 0.15) is 24.8 Å². The van der Waals surface area contributed by atoms with E-state index in [0.717, 1.165) is 24.8 Å². The minimum absolute atomic E-state index is 0.0665. The summed E-state index contributed by atoms with van der Waals surface area (Å²) in [5.74, 6) is 2.14. The summed E-state index contributed by atoms with van der Waals surface area (Å²) in [5.41, 5.74) is 0.956. The fraction of sp³-hybridized carbons (Fsp3) is 0.500. The largest absolute Gasteiger partial charge is 0.445 e. The standard InChI is InChI=1S/C18H21NO4S/c1-11-5-7-13(8-6-11)24(21,22)19-18(20)23-17-10-12-9-16(17)15-4-2-3-14(12)15/h2,4-8,12,14-17H,3,9-10H2,1H3,(H,19,20)/t12-,14+,15-,16+,17-/m1/s1. The summed E-state index contributed by atoms with van der Waals surface area (Å²) in [7, 11) is -3.89. The Kier molecular flexibility index (Phi) is 3.67. The highest BCUT2D eigenvalue weighted by Gasteiger charge is 2.53. The van der Waals surface area contributed by atoms with E-state index in [2.05, 4.69) is 12.2 Å². The van der Waals surface area contributed by atoms with Crippen LogP contribution < -0.4 is 4.72 Å². The second-order valence-corrected chi connectivity index (χ2v) is 8.85. The molecule has 0 spiro atoms. The Balaban J connectivity index is 1.40. The summed E-state index contributed by atoms with van der Waals surface area (Å²) < 4.78 is 32.0. The SMILES string of the molecule is Cc1ccc(S(=O)(=O)NC(=O)O[C@@H]2C[C@H]3C[C@H]2[C@@H]2C=CC[C@@H]32)cc1. The van der Waals surface area contributed by atoms with E-state index in [4.69, 9.17) is 4.74 Å². The van der Waals surface area contributed by atoms with Gasteiger partial charge in [-0.15, -0.1) is 0 Å². The van der Waals surface area contributed by atoms with E-state index in [-0.39, 0.29) is 11.0 Å². The number of hydrogen-bond donors (Lipinski definition) is 1. The average Bonchev–Trinajstić information content (AvgIpc) is 3.19. The molecule has 3 aliphatic carbocycles. The Labute approximate surface area is 142 Å². The number of carbonyl (C=O) groups is 1. The molecule has 4 rings (SSSR count). The zero-order valence-corrected chi connectivity index (χ0v) is 14.3. The minimum atomic E-state index is -3.89. The summed E-state index contributed by atoms with van der Waals surface area (Å²) in [6.45, 7) is 1.87. The van der Waals surface area contributed by atoms with Crippen LogP contribution in [0, 0.1) is 30.6 Å². The molecule has 0 unspecified atom stereocenters. The van der Waals surface area contributed by atoms with Crippen molar-refractivity contribution in [2.45, 2.75) is 37.2 Å². The molecule has 3 aliphatic rings. The molecule has 0 heterocycles. The fourth-order valence-electron chi connectivity index (χ4n) is 4.67. The molecule has 2 saturated carbocycles. The molecule has 2 bridgehead atoms. The number of ether oxygens (including phenoxy) is 1. The molecular weight excluding hydrogens is 326 g/mol. The van der Waals surface area contributed by atoms with Gasteiger partial charge in [-0.05, 0) is 56.1 Å². The van der Waals surface area contributed by atoms with E-state index in [1.807, 2.05) is 11.6 Å². The summed E-state index contributed by atoms with van der Waals surface area (Å²) in [4.78, 5) is 12.2. The first kappa shape index (κ1) is 15.7. The summed E-state index contributed by atoms with van der Waals surface area (Å²) >= 11 is 0. The normalized spacial score (nSPS) is 33.5. The van der Waals surface area contributed by atoms with Gasteiger partial charge in [0.1, 0.15) is 6.10 Å². The van der Waals surface area contributed by atoms with Gasteiger partial charge >= 0.3 is 6.09 Å². The third-order valence-corrected chi connectivity index (χ3v) is 7.08. The van der Waals surface area contributed by atoms with Crippen LogP contribution in [0.4, 0.5) is 4.79 Å². The fourth-order valence-corrected chi connectivity index (χ4v) is 5.55. The lowest BCUT2D eigenvalue weighted by molar-refractivity contribution is 0.0454. The molecule has 1 aromatic carbocycles. The van der Waals surface area contributed by atoms with Crippen molar-refractivity contribution in [3.8, 4) is 0 Å². The summed E-state index contributed by atoms with van der Waals surface area (Å²) in [5, 5.41) is 0. The molecule has 128 valence electrons. The first-order valence-electron chi connectivity index (χ1n) is 8.41. The molecule has 0 radical (unpaired) electrons. The highest BCUT2D eigenvalue weighted by Crippen LogP contribution is 2.57. The number of aryl methyl sites for hydroxylation is 1. The van der Waals surface area contributed by atoms with E-state index in [1.165, 1.54) is 12.1 Å². The molecule has 5 nitrogen and oxygen atoms in total. The lowest BCUT2D eigenvalue weighted by Gasteiger charge is -2.30. The van der Waals surface area contributed by atoms with Gasteiger partial charge in [-0.2, -0.15) is 0 Å². The van der Waals surface area contributed by atoms with Crippen molar-refractivity contribution in [1.29, 1.82) is 0 Å². The van der Waals surface area contributed by atoms with Gasteiger partial charge in [0.15, 0.2) is 0 Å². The van der Waals surface area contributed by atoms with Crippen LogP contribution in [0.3, 0.4) is 0 Å². The average molecular weight is 347 g/mol. The second kappa shape index (κ2) is 5.62. The third-order valence-electron chi connectivity index (χ3n) is 5.76. The predicted molar refractivity (Wildman–Crippen MR) is 88.7 cm³/mol. The third kappa shape index (κ3) is 2.62. The van der Waals surface area contributed by atoms with Crippen molar-refractivity contribution in [3.63, 3.8) is 0 Å². The monoisotopic (exact) mass is 347 g/mol. The molecule has 0 saturated heterocycles. The van der Waals surface area contributed by atoms with Gasteiger partial charge in [0.05, 0.1) is 4.90 Å². The molecule has 6 heteroatoms. The van der Waals surface area contributed by atoms with Crippen LogP contribution in [0.25, 0.3) is 0 Å². The lowest BCUT2D eigenvalue weighted by atomic mass is 9.80. The van der Waals surface area contributed by atoms with Crippen LogP contribution in [0.15, 0.2) is 41.3 Å². The van der Waals surface area contributed by atoms with Crippen LogP contribution in [-0.4, -0.2) is 20.6 Å². The predicted octanol–water partition coefficient (Wildman–Crippen LogP) is 3.01. The molecular formula is C18H21NO4S. The van der Waals surface area contributed by atoms with Gasteiger partial charge in [-0.25, -0.2) is 17.9 Å². The number of nitrogens with one attached hydrogen (secondary N) is 1. The Hall–Kier alpha value is -1.82. The van der Waals surface area contributed by atoms with Crippen LogP contribution >= 0.6 is 0 Å². The zero-order chi connectivity index (χ0) is 16.9. The van der Waals surface area contributed by atoms with Crippen molar-refractivity contribution in [3.05, 3.63) is 42.0 Å². The summed E-state index contributed by atoms with van der Waals surface area (Å²) in [6.07, 6.45) is 6.49. The number of benzene rings is 1. The first-order chi connectivity index (χ1) is 11.4. The molecule has 2 fully saturated rings. The van der Waals surface area contributed by atoms with Gasteiger partial charge in [0.2, 0.25) is 0 Å².